The van der Waals surface area contributed by atoms with Crippen LogP contribution >= 0.6 is 0 Å². The molecule has 0 unspecified atom stereocenters. The Morgan fingerprint density at radius 2 is 2.06 bits per heavy atom. The Labute approximate surface area is 108 Å². The third kappa shape index (κ3) is 2.94. The number of carbonyl (C=O) groups excluding carboxylic acids is 1. The van der Waals surface area contributed by atoms with Gasteiger partial charge in [0.25, 0.3) is 0 Å². The zero-order chi connectivity index (χ0) is 13.4. The normalized spacial score (nSPS) is 17.1. The fourth-order valence-electron chi connectivity index (χ4n) is 1.95. The summed E-state index contributed by atoms with van der Waals surface area (Å²) >= 11 is 0. The number of amides is 1. The van der Waals surface area contributed by atoms with E-state index in [0.717, 1.165) is 18.4 Å². The van der Waals surface area contributed by atoms with Gasteiger partial charge in [-0.3, -0.25) is 0 Å². The third-order valence-electron chi connectivity index (χ3n) is 2.93. The van der Waals surface area contributed by atoms with Gasteiger partial charge < -0.3 is 15.8 Å². The largest absolute Gasteiger partial charge is 0.444 e. The van der Waals surface area contributed by atoms with E-state index in [4.69, 9.17) is 10.5 Å². The molecule has 2 rings (SSSR count). The smallest absolute Gasteiger partial charge is 0.408 e. The first-order valence-corrected chi connectivity index (χ1v) is 6.18. The molecule has 1 aliphatic carbocycles. The molecule has 0 radical (unpaired) electrons. The van der Waals surface area contributed by atoms with E-state index in [1.165, 1.54) is 0 Å². The molecule has 0 saturated heterocycles. The van der Waals surface area contributed by atoms with Crippen molar-refractivity contribution in [1.82, 2.24) is 5.32 Å². The number of rotatable bonds is 2. The summed E-state index contributed by atoms with van der Waals surface area (Å²) in [5.74, 6) is 0. The van der Waals surface area contributed by atoms with Crippen molar-refractivity contribution in [2.45, 2.75) is 44.8 Å². The van der Waals surface area contributed by atoms with Crippen LogP contribution in [0.3, 0.4) is 0 Å². The van der Waals surface area contributed by atoms with Crippen molar-refractivity contribution in [3.8, 4) is 0 Å². The molecule has 4 heteroatoms. The minimum atomic E-state index is -0.476. The number of benzene rings is 1. The topological polar surface area (TPSA) is 64.3 Å². The zero-order valence-corrected chi connectivity index (χ0v) is 11.1. The van der Waals surface area contributed by atoms with Crippen LogP contribution in [-0.4, -0.2) is 11.7 Å². The van der Waals surface area contributed by atoms with Crippen molar-refractivity contribution in [2.24, 2.45) is 0 Å². The molecule has 1 aliphatic rings. The summed E-state index contributed by atoms with van der Waals surface area (Å²) in [7, 11) is 0. The molecule has 4 nitrogen and oxygen atoms in total. The molecule has 0 aliphatic heterocycles. The lowest BCUT2D eigenvalue weighted by Crippen LogP contribution is -2.39. The quantitative estimate of drug-likeness (QED) is 0.791. The Balaban J connectivity index is 2.07. The van der Waals surface area contributed by atoms with Crippen LogP contribution in [0.5, 0.6) is 0 Å². The zero-order valence-electron chi connectivity index (χ0n) is 11.1. The van der Waals surface area contributed by atoms with Gasteiger partial charge in [-0.2, -0.15) is 0 Å². The number of ether oxygens (including phenoxy) is 1. The summed E-state index contributed by atoms with van der Waals surface area (Å²) in [4.78, 5) is 11.8. The van der Waals surface area contributed by atoms with Gasteiger partial charge in [-0.05, 0) is 51.3 Å². The van der Waals surface area contributed by atoms with Crippen molar-refractivity contribution in [2.75, 3.05) is 5.73 Å². The molecular formula is C14H20N2O2. The van der Waals surface area contributed by atoms with Gasteiger partial charge in [0.05, 0.1) is 5.54 Å². The lowest BCUT2D eigenvalue weighted by molar-refractivity contribution is 0.0495. The lowest BCUT2D eigenvalue weighted by atomic mass is 10.0. The summed E-state index contributed by atoms with van der Waals surface area (Å²) in [6.45, 7) is 5.56. The van der Waals surface area contributed by atoms with E-state index in [0.29, 0.717) is 5.69 Å². The highest BCUT2D eigenvalue weighted by molar-refractivity contribution is 5.70. The van der Waals surface area contributed by atoms with Crippen molar-refractivity contribution >= 4 is 11.8 Å². The first-order valence-electron chi connectivity index (χ1n) is 6.18. The first kappa shape index (κ1) is 12.7. The Bertz CT molecular complexity index is 459. The van der Waals surface area contributed by atoms with E-state index >= 15 is 0 Å². The Morgan fingerprint density at radius 1 is 1.39 bits per heavy atom. The maximum absolute atomic E-state index is 11.8. The number of nitrogens with two attached hydrogens (primary N) is 1. The van der Waals surface area contributed by atoms with Crippen LogP contribution < -0.4 is 11.1 Å². The van der Waals surface area contributed by atoms with Gasteiger partial charge in [0.2, 0.25) is 0 Å². The number of hydrogen-bond acceptors (Lipinski definition) is 3. The summed E-state index contributed by atoms with van der Waals surface area (Å²) in [5.41, 5.74) is 6.78. The molecule has 3 N–H and O–H groups in total. The molecule has 18 heavy (non-hydrogen) atoms. The number of hydrogen-bond donors (Lipinski definition) is 2. The highest BCUT2D eigenvalue weighted by Crippen LogP contribution is 2.46. The summed E-state index contributed by atoms with van der Waals surface area (Å²) in [5, 5.41) is 2.95. The van der Waals surface area contributed by atoms with E-state index in [1.807, 2.05) is 45.0 Å². The fraction of sp³-hybridized carbons (Fsp3) is 0.500. The minimum absolute atomic E-state index is 0.280. The predicted molar refractivity (Wildman–Crippen MR) is 71.1 cm³/mol. The molecule has 1 fully saturated rings. The highest BCUT2D eigenvalue weighted by atomic mass is 16.6. The summed E-state index contributed by atoms with van der Waals surface area (Å²) < 4.78 is 5.28. The van der Waals surface area contributed by atoms with Crippen LogP contribution in [0.4, 0.5) is 10.5 Å². The number of anilines is 1. The van der Waals surface area contributed by atoms with Gasteiger partial charge in [-0.25, -0.2) is 4.79 Å². The monoisotopic (exact) mass is 248 g/mol. The average Bonchev–Trinajstić information content (AvgIpc) is 2.95. The molecule has 0 bridgehead atoms. The average molecular weight is 248 g/mol. The molecule has 1 aromatic rings. The van der Waals surface area contributed by atoms with Crippen LogP contribution in [0.2, 0.25) is 0 Å². The van der Waals surface area contributed by atoms with E-state index in [9.17, 15) is 4.79 Å². The standard InChI is InChI=1S/C14H20N2O2/c1-13(2,3)18-12(17)16-14(7-8-14)10-5-4-6-11(15)9-10/h4-6,9H,7-8,15H2,1-3H3,(H,16,17). The van der Waals surface area contributed by atoms with E-state index in [1.54, 1.807) is 0 Å². The van der Waals surface area contributed by atoms with Crippen molar-refractivity contribution in [1.29, 1.82) is 0 Å². The number of nitrogen functional groups attached to an aromatic ring is 1. The fourth-order valence-corrected chi connectivity index (χ4v) is 1.95. The maximum Gasteiger partial charge on any atom is 0.408 e. The van der Waals surface area contributed by atoms with Gasteiger partial charge in [-0.15, -0.1) is 0 Å². The van der Waals surface area contributed by atoms with Crippen LogP contribution in [0.25, 0.3) is 0 Å². The molecule has 1 aromatic carbocycles. The number of alkyl carbamates (subject to hydrolysis) is 1. The predicted octanol–water partition coefficient (Wildman–Crippen LogP) is 2.78. The van der Waals surface area contributed by atoms with Gasteiger partial charge in [0, 0.05) is 5.69 Å². The summed E-state index contributed by atoms with van der Waals surface area (Å²) in [6.07, 6.45) is 1.48. The second kappa shape index (κ2) is 4.19. The Morgan fingerprint density at radius 3 is 2.56 bits per heavy atom. The summed E-state index contributed by atoms with van der Waals surface area (Å²) in [6, 6.07) is 7.64. The maximum atomic E-state index is 11.8. The van der Waals surface area contributed by atoms with E-state index in [-0.39, 0.29) is 11.6 Å². The van der Waals surface area contributed by atoms with E-state index < -0.39 is 5.60 Å². The number of carbonyl (C=O) groups is 1. The minimum Gasteiger partial charge on any atom is -0.444 e. The van der Waals surface area contributed by atoms with Gasteiger partial charge in [0.15, 0.2) is 0 Å². The van der Waals surface area contributed by atoms with Crippen molar-refractivity contribution < 1.29 is 9.53 Å². The lowest BCUT2D eigenvalue weighted by Gasteiger charge is -2.23. The molecule has 0 aromatic heterocycles. The van der Waals surface area contributed by atoms with Crippen molar-refractivity contribution in [3.05, 3.63) is 29.8 Å². The molecular weight excluding hydrogens is 228 g/mol. The van der Waals surface area contributed by atoms with Gasteiger partial charge in [-0.1, -0.05) is 12.1 Å². The Hall–Kier alpha value is -1.71. The van der Waals surface area contributed by atoms with Gasteiger partial charge >= 0.3 is 6.09 Å². The molecule has 98 valence electrons. The number of nitrogens with one attached hydrogen (secondary N) is 1. The highest BCUT2D eigenvalue weighted by Gasteiger charge is 2.46. The molecule has 0 heterocycles. The van der Waals surface area contributed by atoms with Crippen LogP contribution in [0.1, 0.15) is 39.2 Å². The van der Waals surface area contributed by atoms with Crippen LogP contribution in [0.15, 0.2) is 24.3 Å². The second-order valence-corrected chi connectivity index (χ2v) is 5.83. The molecule has 0 atom stereocenters. The van der Waals surface area contributed by atoms with Crippen molar-refractivity contribution in [3.63, 3.8) is 0 Å². The second-order valence-electron chi connectivity index (χ2n) is 5.83. The first-order chi connectivity index (χ1) is 8.31. The van der Waals surface area contributed by atoms with Crippen LogP contribution in [0, 0.1) is 0 Å². The molecule has 1 saturated carbocycles. The molecule has 1 amide bonds. The SMILES string of the molecule is CC(C)(C)OC(=O)NC1(c2cccc(N)c2)CC1. The van der Waals surface area contributed by atoms with E-state index in [2.05, 4.69) is 5.32 Å². The molecule has 0 spiro atoms. The Kier molecular flexibility index (Phi) is 2.97. The van der Waals surface area contributed by atoms with Gasteiger partial charge in [0.1, 0.15) is 5.60 Å². The third-order valence-corrected chi connectivity index (χ3v) is 2.93. The van der Waals surface area contributed by atoms with Crippen LogP contribution in [-0.2, 0) is 10.3 Å².